The molecule has 0 amide bonds. The molecule has 4 rings (SSSR count). The zero-order chi connectivity index (χ0) is 20.6. The van der Waals surface area contributed by atoms with Gasteiger partial charge in [-0.2, -0.15) is 0 Å². The number of ether oxygens (including phenoxy) is 3. The number of hydrogen-bond acceptors (Lipinski definition) is 4. The topological polar surface area (TPSA) is 65.0 Å². The van der Waals surface area contributed by atoms with Gasteiger partial charge in [-0.3, -0.25) is 0 Å². The lowest BCUT2D eigenvalue weighted by Crippen LogP contribution is -2.37. The molecule has 1 unspecified atom stereocenters. The third kappa shape index (κ3) is 4.01. The standard InChI is InChI=1S/C24H26O5/c1-24(2,3)29-22(23(25)26)18-14-28-20-9-5-4-8-17(20)21(18)16-10-11-19-15(13-16)7-6-12-27-19/h4-5,8-11,13,22H,6-7,12,14H2,1-3H3,(H,25,26). The molecule has 1 N–H and O–H groups in total. The molecule has 0 bridgehead atoms. The summed E-state index contributed by atoms with van der Waals surface area (Å²) in [6, 6.07) is 13.8. The highest BCUT2D eigenvalue weighted by atomic mass is 16.5. The van der Waals surface area contributed by atoms with Crippen LogP contribution in [-0.4, -0.2) is 36.0 Å². The summed E-state index contributed by atoms with van der Waals surface area (Å²) < 4.78 is 17.6. The SMILES string of the molecule is CC(C)(C)OC(C(=O)O)C1=C(c2ccc3c(c2)CCCO3)c2ccccc2OC1. The zero-order valence-corrected chi connectivity index (χ0v) is 17.0. The summed E-state index contributed by atoms with van der Waals surface area (Å²) in [7, 11) is 0. The van der Waals surface area contributed by atoms with E-state index >= 15 is 0 Å². The van der Waals surface area contributed by atoms with Crippen molar-refractivity contribution in [1.29, 1.82) is 0 Å². The first kappa shape index (κ1) is 19.5. The van der Waals surface area contributed by atoms with Crippen LogP contribution in [0.25, 0.3) is 5.57 Å². The van der Waals surface area contributed by atoms with E-state index in [0.29, 0.717) is 5.57 Å². The summed E-state index contributed by atoms with van der Waals surface area (Å²) >= 11 is 0. The van der Waals surface area contributed by atoms with Gasteiger partial charge in [-0.05, 0) is 68.5 Å². The third-order valence-electron chi connectivity index (χ3n) is 5.07. The van der Waals surface area contributed by atoms with Crippen LogP contribution in [0.15, 0.2) is 48.0 Å². The molecule has 2 aromatic rings. The number of aryl methyl sites for hydroxylation is 1. The van der Waals surface area contributed by atoms with Crippen molar-refractivity contribution >= 4 is 11.5 Å². The Morgan fingerprint density at radius 3 is 2.66 bits per heavy atom. The molecule has 152 valence electrons. The van der Waals surface area contributed by atoms with E-state index in [9.17, 15) is 9.90 Å². The van der Waals surface area contributed by atoms with Crippen molar-refractivity contribution in [2.45, 2.75) is 45.3 Å². The van der Waals surface area contributed by atoms with Crippen LogP contribution in [-0.2, 0) is 16.0 Å². The Bertz CT molecular complexity index is 967. The van der Waals surface area contributed by atoms with E-state index in [1.54, 1.807) is 0 Å². The minimum Gasteiger partial charge on any atom is -0.493 e. The van der Waals surface area contributed by atoms with Gasteiger partial charge in [-0.1, -0.05) is 24.3 Å². The van der Waals surface area contributed by atoms with E-state index < -0.39 is 17.7 Å². The first-order valence-corrected chi connectivity index (χ1v) is 9.95. The molecule has 0 spiro atoms. The molecule has 5 nitrogen and oxygen atoms in total. The van der Waals surface area contributed by atoms with E-state index in [0.717, 1.165) is 53.2 Å². The number of aliphatic carboxylic acids is 1. The Balaban J connectivity index is 1.90. The summed E-state index contributed by atoms with van der Waals surface area (Å²) in [5.74, 6) is 0.639. The van der Waals surface area contributed by atoms with Crippen LogP contribution in [0.2, 0.25) is 0 Å². The van der Waals surface area contributed by atoms with Crippen LogP contribution < -0.4 is 9.47 Å². The minimum atomic E-state index is -1.09. The number of carbonyl (C=O) groups is 1. The van der Waals surface area contributed by atoms with Crippen LogP contribution in [0.1, 0.15) is 43.9 Å². The lowest BCUT2D eigenvalue weighted by Gasteiger charge is -2.32. The normalized spacial score (nSPS) is 16.9. The molecule has 0 aliphatic carbocycles. The van der Waals surface area contributed by atoms with E-state index in [1.807, 2.05) is 57.2 Å². The van der Waals surface area contributed by atoms with Crippen LogP contribution in [0.3, 0.4) is 0 Å². The number of hydrogen-bond donors (Lipinski definition) is 1. The monoisotopic (exact) mass is 394 g/mol. The minimum absolute atomic E-state index is 0.174. The molecule has 29 heavy (non-hydrogen) atoms. The Hall–Kier alpha value is -2.79. The quantitative estimate of drug-likeness (QED) is 0.829. The molecule has 0 fully saturated rings. The van der Waals surface area contributed by atoms with Crippen molar-refractivity contribution in [3.05, 3.63) is 64.7 Å². The van der Waals surface area contributed by atoms with Gasteiger partial charge < -0.3 is 19.3 Å². The van der Waals surface area contributed by atoms with Crippen molar-refractivity contribution in [1.82, 2.24) is 0 Å². The second-order valence-electron chi connectivity index (χ2n) is 8.41. The number of rotatable bonds is 4. The molecule has 0 saturated carbocycles. The molecule has 2 aliphatic heterocycles. The van der Waals surface area contributed by atoms with Crippen LogP contribution >= 0.6 is 0 Å². The van der Waals surface area contributed by atoms with Crippen molar-refractivity contribution in [3.8, 4) is 11.5 Å². The summed E-state index contributed by atoms with van der Waals surface area (Å²) in [5, 5.41) is 9.96. The first-order valence-electron chi connectivity index (χ1n) is 9.95. The maximum Gasteiger partial charge on any atom is 0.337 e. The fraction of sp³-hybridized carbons (Fsp3) is 0.375. The lowest BCUT2D eigenvalue weighted by molar-refractivity contribution is -0.156. The predicted octanol–water partition coefficient (Wildman–Crippen LogP) is 4.47. The van der Waals surface area contributed by atoms with Gasteiger partial charge in [0.1, 0.15) is 18.1 Å². The van der Waals surface area contributed by atoms with Gasteiger partial charge in [0.25, 0.3) is 0 Å². The van der Waals surface area contributed by atoms with Gasteiger partial charge in [0.05, 0.1) is 12.2 Å². The maximum absolute atomic E-state index is 12.2. The van der Waals surface area contributed by atoms with Gasteiger partial charge in [-0.15, -0.1) is 0 Å². The Morgan fingerprint density at radius 2 is 1.90 bits per heavy atom. The average Bonchev–Trinajstić information content (AvgIpc) is 2.70. The van der Waals surface area contributed by atoms with Crippen molar-refractivity contribution < 1.29 is 24.1 Å². The van der Waals surface area contributed by atoms with Crippen LogP contribution in [0.5, 0.6) is 11.5 Å². The molecule has 2 aromatic carbocycles. The van der Waals surface area contributed by atoms with E-state index in [2.05, 4.69) is 6.07 Å². The fourth-order valence-electron chi connectivity index (χ4n) is 3.89. The highest BCUT2D eigenvalue weighted by Crippen LogP contribution is 2.41. The average molecular weight is 394 g/mol. The van der Waals surface area contributed by atoms with Crippen LogP contribution in [0, 0.1) is 0 Å². The van der Waals surface area contributed by atoms with E-state index in [4.69, 9.17) is 14.2 Å². The molecule has 2 heterocycles. The zero-order valence-electron chi connectivity index (χ0n) is 17.0. The Morgan fingerprint density at radius 1 is 1.10 bits per heavy atom. The second-order valence-corrected chi connectivity index (χ2v) is 8.41. The number of fused-ring (bicyclic) bond motifs is 2. The maximum atomic E-state index is 12.2. The van der Waals surface area contributed by atoms with Crippen molar-refractivity contribution in [2.24, 2.45) is 0 Å². The lowest BCUT2D eigenvalue weighted by atomic mass is 9.87. The largest absolute Gasteiger partial charge is 0.493 e. The van der Waals surface area contributed by atoms with Gasteiger partial charge in [-0.25, -0.2) is 4.79 Å². The van der Waals surface area contributed by atoms with Gasteiger partial charge >= 0.3 is 5.97 Å². The number of benzene rings is 2. The number of para-hydroxylation sites is 1. The highest BCUT2D eigenvalue weighted by Gasteiger charge is 2.34. The Kier molecular flexibility index (Phi) is 5.09. The summed E-state index contributed by atoms with van der Waals surface area (Å²) in [6.07, 6.45) is 0.836. The highest BCUT2D eigenvalue weighted by molar-refractivity contribution is 5.91. The van der Waals surface area contributed by atoms with E-state index in [-0.39, 0.29) is 6.61 Å². The van der Waals surface area contributed by atoms with Gasteiger partial charge in [0, 0.05) is 11.1 Å². The number of carboxylic acid groups (broad SMARTS) is 1. The summed E-state index contributed by atoms with van der Waals surface area (Å²) in [6.45, 7) is 6.48. The summed E-state index contributed by atoms with van der Waals surface area (Å²) in [5.41, 5.74) is 3.88. The molecule has 0 aromatic heterocycles. The van der Waals surface area contributed by atoms with Crippen molar-refractivity contribution in [3.63, 3.8) is 0 Å². The van der Waals surface area contributed by atoms with Gasteiger partial charge in [0.15, 0.2) is 6.10 Å². The molecule has 0 radical (unpaired) electrons. The second kappa shape index (κ2) is 7.56. The first-order chi connectivity index (χ1) is 13.8. The number of carboxylic acids is 1. The molecule has 1 atom stereocenters. The predicted molar refractivity (Wildman–Crippen MR) is 110 cm³/mol. The van der Waals surface area contributed by atoms with Crippen LogP contribution in [0.4, 0.5) is 0 Å². The Labute approximate surface area is 170 Å². The molecular weight excluding hydrogens is 368 g/mol. The molecular formula is C24H26O5. The molecule has 5 heteroatoms. The third-order valence-corrected chi connectivity index (χ3v) is 5.07. The molecule has 0 saturated heterocycles. The molecule has 2 aliphatic rings. The van der Waals surface area contributed by atoms with Crippen molar-refractivity contribution in [2.75, 3.05) is 13.2 Å². The smallest absolute Gasteiger partial charge is 0.337 e. The van der Waals surface area contributed by atoms with E-state index in [1.165, 1.54) is 0 Å². The van der Waals surface area contributed by atoms with Gasteiger partial charge in [0.2, 0.25) is 0 Å². The summed E-state index contributed by atoms with van der Waals surface area (Å²) in [4.78, 5) is 12.2. The fourth-order valence-corrected chi connectivity index (χ4v) is 3.89.